The molecule has 3 aromatic rings. The van der Waals surface area contributed by atoms with Crippen LogP contribution in [0.3, 0.4) is 0 Å². The minimum Gasteiger partial charge on any atom is -0.598 e. The first kappa shape index (κ1) is 29.7. The number of halogens is 1. The lowest BCUT2D eigenvalue weighted by atomic mass is 9.71. The minimum absolute atomic E-state index is 0.156. The van der Waals surface area contributed by atoms with Crippen molar-refractivity contribution in [3.8, 4) is 6.07 Å². The van der Waals surface area contributed by atoms with Crippen molar-refractivity contribution >= 4 is 52.2 Å². The number of hydrogen-bond acceptors (Lipinski definition) is 11. The van der Waals surface area contributed by atoms with Crippen LogP contribution in [0.15, 0.2) is 46.5 Å². The first-order valence-corrected chi connectivity index (χ1v) is 15.5. The fourth-order valence-corrected chi connectivity index (χ4v) is 7.61. The Morgan fingerprint density at radius 2 is 2.00 bits per heavy atom. The highest BCUT2D eigenvalue weighted by atomic mass is 35.5. The molecule has 0 bridgehead atoms. The number of nitrogens with one attached hydrogen (secondary N) is 1. The molecule has 2 aliphatic rings. The monoisotopic (exact) mass is 612 g/mol. The molecule has 3 heterocycles. The van der Waals surface area contributed by atoms with Crippen LogP contribution >= 0.6 is 23.4 Å². The number of nitriles is 1. The third-order valence-corrected chi connectivity index (χ3v) is 10.9. The van der Waals surface area contributed by atoms with Crippen molar-refractivity contribution in [1.29, 1.82) is 5.26 Å². The molecule has 1 fully saturated rings. The number of aromatic nitrogens is 3. The summed E-state index contributed by atoms with van der Waals surface area (Å²) in [6.07, 6.45) is 2.80. The molecular weight excluding hydrogens is 580 g/mol. The van der Waals surface area contributed by atoms with E-state index in [-0.39, 0.29) is 34.9 Å². The van der Waals surface area contributed by atoms with E-state index < -0.39 is 16.1 Å². The fraction of sp³-hybridized carbons (Fsp3) is 0.429. The highest BCUT2D eigenvalue weighted by Crippen LogP contribution is 2.54. The molecule has 0 radical (unpaired) electrons. The van der Waals surface area contributed by atoms with E-state index in [9.17, 15) is 9.81 Å². The summed E-state index contributed by atoms with van der Waals surface area (Å²) in [6, 6.07) is 12.0. The molecule has 41 heavy (non-hydrogen) atoms. The van der Waals surface area contributed by atoms with Crippen molar-refractivity contribution in [1.82, 2.24) is 19.7 Å². The number of rotatable bonds is 6. The maximum Gasteiger partial charge on any atom is 0.184 e. The Bertz CT molecular complexity index is 1500. The Morgan fingerprint density at radius 1 is 1.24 bits per heavy atom. The largest absolute Gasteiger partial charge is 0.598 e. The highest BCUT2D eigenvalue weighted by molar-refractivity contribution is 7.99. The second-order valence-corrected chi connectivity index (χ2v) is 14.7. The summed E-state index contributed by atoms with van der Waals surface area (Å²) >= 11 is 6.21. The minimum atomic E-state index is -1.28. The lowest BCUT2D eigenvalue weighted by Crippen LogP contribution is -2.57. The molecule has 4 atom stereocenters. The predicted octanol–water partition coefficient (Wildman–Crippen LogP) is 4.27. The standard InChI is InChI=1S/C28H33ClN8O2S2/c1-27(2,3)41(38)36-22-17-8-6-5-7-16(17)13-28(22)10-12-37(15-20(28)39-4)25-18(14-30)34-26(24(32)35-25)40-19-9-11-33-23(31)21(19)29/h5-9,11,20,22,36H,10,12-13,15H2,1-4H3,(H2,31,33)(H2,32,35)/t20?,22-,28?,41?/m0/s1. The van der Waals surface area contributed by atoms with Gasteiger partial charge < -0.3 is 25.7 Å². The normalized spacial score (nSPS) is 22.9. The summed E-state index contributed by atoms with van der Waals surface area (Å²) in [5.41, 5.74) is 14.4. The Kier molecular flexibility index (Phi) is 8.31. The van der Waals surface area contributed by atoms with Gasteiger partial charge in [-0.2, -0.15) is 5.26 Å². The Balaban J connectivity index is 1.45. The summed E-state index contributed by atoms with van der Waals surface area (Å²) < 4.78 is 22.5. The molecule has 10 nitrogen and oxygen atoms in total. The molecule has 1 aliphatic carbocycles. The SMILES string of the molecule is COC1CN(c2nc(N)c(Sc3ccnc(N)c3Cl)nc2C#N)CCC12Cc1ccccc1[C@@H]2N[S+]([O-])C(C)(C)C. The molecule has 13 heteroatoms. The third kappa shape index (κ3) is 5.55. The van der Waals surface area contributed by atoms with Gasteiger partial charge in [0.1, 0.15) is 21.7 Å². The van der Waals surface area contributed by atoms with Gasteiger partial charge in [0.05, 0.1) is 17.2 Å². The summed E-state index contributed by atoms with van der Waals surface area (Å²) in [4.78, 5) is 15.8. The second-order valence-electron chi connectivity index (χ2n) is 11.3. The number of piperidine rings is 1. The zero-order valence-corrected chi connectivity index (χ0v) is 25.7. The first-order chi connectivity index (χ1) is 19.5. The van der Waals surface area contributed by atoms with Crippen LogP contribution in [-0.2, 0) is 22.5 Å². The number of hydrogen-bond donors (Lipinski definition) is 3. The topological polar surface area (TPSA) is 162 Å². The molecule has 5 rings (SSSR count). The van der Waals surface area contributed by atoms with Crippen molar-refractivity contribution < 1.29 is 9.29 Å². The van der Waals surface area contributed by atoms with Gasteiger partial charge in [0.15, 0.2) is 17.3 Å². The van der Waals surface area contributed by atoms with E-state index in [2.05, 4.69) is 37.9 Å². The Hall–Kier alpha value is -2.79. The molecule has 1 aromatic carbocycles. The first-order valence-electron chi connectivity index (χ1n) is 13.2. The maximum absolute atomic E-state index is 13.3. The molecule has 1 aliphatic heterocycles. The van der Waals surface area contributed by atoms with Crippen LogP contribution in [0.25, 0.3) is 0 Å². The van der Waals surface area contributed by atoms with Gasteiger partial charge in [-0.15, -0.1) is 4.72 Å². The smallest absolute Gasteiger partial charge is 0.184 e. The number of nitrogen functional groups attached to an aromatic ring is 2. The summed E-state index contributed by atoms with van der Waals surface area (Å²) in [5, 5.41) is 10.7. The second kappa shape index (κ2) is 11.5. The van der Waals surface area contributed by atoms with Gasteiger partial charge in [0, 0.05) is 48.1 Å². The van der Waals surface area contributed by atoms with E-state index in [1.165, 1.54) is 17.3 Å². The van der Waals surface area contributed by atoms with Gasteiger partial charge in [-0.05, 0) is 50.8 Å². The van der Waals surface area contributed by atoms with Crippen molar-refractivity contribution in [3.63, 3.8) is 0 Å². The van der Waals surface area contributed by atoms with E-state index in [0.29, 0.717) is 40.3 Å². The molecule has 3 unspecified atom stereocenters. The molecule has 1 spiro atoms. The van der Waals surface area contributed by atoms with Gasteiger partial charge in [-0.25, -0.2) is 15.0 Å². The van der Waals surface area contributed by atoms with E-state index in [1.807, 2.05) is 37.8 Å². The number of fused-ring (bicyclic) bond motifs is 1. The lowest BCUT2D eigenvalue weighted by Gasteiger charge is -2.48. The summed E-state index contributed by atoms with van der Waals surface area (Å²) in [6.45, 7) is 6.95. The van der Waals surface area contributed by atoms with Crippen LogP contribution in [0.5, 0.6) is 0 Å². The van der Waals surface area contributed by atoms with E-state index in [0.717, 1.165) is 12.0 Å². The number of nitrogens with two attached hydrogens (primary N) is 2. The third-order valence-electron chi connectivity index (χ3n) is 7.76. The average molecular weight is 613 g/mol. The van der Waals surface area contributed by atoms with E-state index >= 15 is 0 Å². The van der Waals surface area contributed by atoms with Gasteiger partial charge in [0.25, 0.3) is 0 Å². The lowest BCUT2D eigenvalue weighted by molar-refractivity contribution is -0.0376. The van der Waals surface area contributed by atoms with E-state index in [4.69, 9.17) is 27.8 Å². The predicted molar refractivity (Wildman–Crippen MR) is 163 cm³/mol. The molecule has 216 valence electrons. The molecule has 1 saturated heterocycles. The van der Waals surface area contributed by atoms with Crippen molar-refractivity contribution in [2.45, 2.75) is 60.4 Å². The zero-order valence-electron chi connectivity index (χ0n) is 23.3. The number of methoxy groups -OCH3 is 1. The Morgan fingerprint density at radius 3 is 2.71 bits per heavy atom. The fourth-order valence-electron chi connectivity index (χ4n) is 5.64. The number of pyridine rings is 1. The van der Waals surface area contributed by atoms with Crippen LogP contribution in [-0.4, -0.2) is 50.6 Å². The van der Waals surface area contributed by atoms with Crippen LogP contribution < -0.4 is 21.1 Å². The average Bonchev–Trinajstić information content (AvgIpc) is 3.25. The van der Waals surface area contributed by atoms with Gasteiger partial charge in [0.2, 0.25) is 0 Å². The van der Waals surface area contributed by atoms with Gasteiger partial charge >= 0.3 is 0 Å². The molecule has 0 amide bonds. The molecular formula is C28H33ClN8O2S2. The maximum atomic E-state index is 13.3. The molecule has 2 aromatic heterocycles. The van der Waals surface area contributed by atoms with Crippen LogP contribution in [0.1, 0.15) is 50.1 Å². The number of anilines is 3. The van der Waals surface area contributed by atoms with Crippen LogP contribution in [0, 0.1) is 16.7 Å². The Labute approximate surface area is 252 Å². The quantitative estimate of drug-likeness (QED) is 0.341. The number of nitrogens with zero attached hydrogens (tertiary/aromatic N) is 5. The van der Waals surface area contributed by atoms with Gasteiger partial charge in [-0.3, -0.25) is 0 Å². The van der Waals surface area contributed by atoms with E-state index in [1.54, 1.807) is 19.4 Å². The van der Waals surface area contributed by atoms with Crippen molar-refractivity contribution in [3.05, 3.63) is 58.4 Å². The van der Waals surface area contributed by atoms with Crippen molar-refractivity contribution in [2.75, 3.05) is 36.6 Å². The van der Waals surface area contributed by atoms with Crippen molar-refractivity contribution in [2.24, 2.45) is 5.41 Å². The van der Waals surface area contributed by atoms with Crippen LogP contribution in [0.2, 0.25) is 5.02 Å². The number of benzene rings is 1. The summed E-state index contributed by atoms with van der Waals surface area (Å²) in [5.74, 6) is 0.782. The number of ether oxygens (including phenoxy) is 1. The zero-order chi connectivity index (χ0) is 29.5. The molecule has 5 N–H and O–H groups in total. The van der Waals surface area contributed by atoms with Gasteiger partial charge in [-0.1, -0.05) is 47.6 Å². The summed E-state index contributed by atoms with van der Waals surface area (Å²) in [7, 11) is 1.70. The highest BCUT2D eigenvalue weighted by Gasteiger charge is 2.56. The van der Waals surface area contributed by atoms with Crippen LogP contribution in [0.4, 0.5) is 17.5 Å². The molecule has 0 saturated carbocycles.